The van der Waals surface area contributed by atoms with Crippen molar-refractivity contribution in [3.8, 4) is 0 Å². The van der Waals surface area contributed by atoms with E-state index in [1.807, 2.05) is 0 Å². The van der Waals surface area contributed by atoms with Crippen LogP contribution in [0.25, 0.3) is 0 Å². The number of rotatable bonds is 11. The Morgan fingerprint density at radius 3 is 2.00 bits per heavy atom. The molecule has 15 heavy (non-hydrogen) atoms. The third-order valence-electron chi connectivity index (χ3n) is 2.93. The van der Waals surface area contributed by atoms with Crippen LogP contribution >= 0.6 is 0 Å². The summed E-state index contributed by atoms with van der Waals surface area (Å²) in [6, 6.07) is 0. The molecule has 0 aromatic heterocycles. The molecule has 0 spiro atoms. The van der Waals surface area contributed by atoms with Gasteiger partial charge in [0, 0.05) is 0 Å². The molecule has 91 valence electrons. The molecule has 0 aromatic rings. The van der Waals surface area contributed by atoms with Crippen molar-refractivity contribution in [2.45, 2.75) is 83.7 Å². The van der Waals surface area contributed by atoms with Gasteiger partial charge in [0.2, 0.25) is 0 Å². The van der Waals surface area contributed by atoms with Crippen LogP contribution in [0.4, 0.5) is 0 Å². The lowest BCUT2D eigenvalue weighted by molar-refractivity contribution is 0.148. The van der Waals surface area contributed by atoms with Gasteiger partial charge in [-0.05, 0) is 12.8 Å². The number of hydrogen-bond donors (Lipinski definition) is 1. The maximum atomic E-state index is 9.59. The second kappa shape index (κ2) is 12.0. The van der Waals surface area contributed by atoms with E-state index in [-0.39, 0.29) is 6.10 Å². The molecule has 1 unspecified atom stereocenters. The molecule has 1 radical (unpaired) electrons. The Hall–Kier alpha value is -0.0400. The van der Waals surface area contributed by atoms with Crippen LogP contribution in [0.15, 0.2) is 0 Å². The first-order valence-electron chi connectivity index (χ1n) is 6.78. The lowest BCUT2D eigenvalue weighted by Crippen LogP contribution is -2.05. The first kappa shape index (κ1) is 15.0. The van der Waals surface area contributed by atoms with E-state index < -0.39 is 0 Å². The van der Waals surface area contributed by atoms with Crippen LogP contribution in [0.2, 0.25) is 0 Å². The highest BCUT2D eigenvalue weighted by Gasteiger charge is 2.02. The third-order valence-corrected chi connectivity index (χ3v) is 2.93. The summed E-state index contributed by atoms with van der Waals surface area (Å²) in [4.78, 5) is 0. The van der Waals surface area contributed by atoms with Gasteiger partial charge in [-0.1, -0.05) is 71.6 Å². The molecule has 0 amide bonds. The minimum absolute atomic E-state index is 0.0672. The van der Waals surface area contributed by atoms with Crippen molar-refractivity contribution in [2.75, 3.05) is 0 Å². The molecule has 0 saturated heterocycles. The molecule has 0 aromatic carbocycles. The van der Waals surface area contributed by atoms with Gasteiger partial charge in [-0.2, -0.15) is 0 Å². The van der Waals surface area contributed by atoms with E-state index in [1.54, 1.807) is 0 Å². The molecular formula is C14H29O. The topological polar surface area (TPSA) is 20.2 Å². The average molecular weight is 213 g/mol. The van der Waals surface area contributed by atoms with E-state index in [1.165, 1.54) is 44.9 Å². The number of unbranched alkanes of at least 4 members (excludes halogenated alkanes) is 7. The molecule has 1 heteroatoms. The highest BCUT2D eigenvalue weighted by Crippen LogP contribution is 2.12. The normalized spacial score (nSPS) is 13.0. The lowest BCUT2D eigenvalue weighted by Gasteiger charge is -2.09. The fraction of sp³-hybridized carbons (Fsp3) is 0.929. The summed E-state index contributed by atoms with van der Waals surface area (Å²) >= 11 is 0. The molecule has 0 fully saturated rings. The number of aliphatic hydroxyl groups is 1. The van der Waals surface area contributed by atoms with Crippen molar-refractivity contribution in [1.29, 1.82) is 0 Å². The summed E-state index contributed by atoms with van der Waals surface area (Å²) in [5.41, 5.74) is 0. The van der Waals surface area contributed by atoms with Crippen molar-refractivity contribution >= 4 is 0 Å². The second-order valence-electron chi connectivity index (χ2n) is 4.56. The van der Waals surface area contributed by atoms with Crippen molar-refractivity contribution in [1.82, 2.24) is 0 Å². The SMILES string of the molecule is [CH2]CCCC(O)CCCCCCCCC. The van der Waals surface area contributed by atoms with Crippen LogP contribution in [0.3, 0.4) is 0 Å². The predicted octanol–water partition coefficient (Wildman–Crippen LogP) is 4.49. The molecule has 0 aliphatic heterocycles. The van der Waals surface area contributed by atoms with E-state index in [4.69, 9.17) is 0 Å². The van der Waals surface area contributed by atoms with Gasteiger partial charge in [0.05, 0.1) is 6.10 Å². The summed E-state index contributed by atoms with van der Waals surface area (Å²) in [5, 5.41) is 9.59. The van der Waals surface area contributed by atoms with Gasteiger partial charge in [-0.3, -0.25) is 0 Å². The Morgan fingerprint density at radius 1 is 0.867 bits per heavy atom. The Balaban J connectivity index is 3.02. The first-order chi connectivity index (χ1) is 7.31. The molecule has 1 N–H and O–H groups in total. The summed E-state index contributed by atoms with van der Waals surface area (Å²) < 4.78 is 0. The Morgan fingerprint density at radius 2 is 1.40 bits per heavy atom. The van der Waals surface area contributed by atoms with Gasteiger partial charge in [0.15, 0.2) is 0 Å². The molecule has 0 heterocycles. The summed E-state index contributed by atoms with van der Waals surface area (Å²) in [6.45, 7) is 6.03. The third kappa shape index (κ3) is 11.9. The molecule has 0 bridgehead atoms. The summed E-state index contributed by atoms with van der Waals surface area (Å²) in [7, 11) is 0. The minimum Gasteiger partial charge on any atom is -0.393 e. The van der Waals surface area contributed by atoms with E-state index in [0.717, 1.165) is 25.7 Å². The van der Waals surface area contributed by atoms with Gasteiger partial charge in [-0.15, -0.1) is 0 Å². The Kier molecular flexibility index (Phi) is 12.0. The summed E-state index contributed by atoms with van der Waals surface area (Å²) in [6.07, 6.45) is 13.2. The molecule has 0 aliphatic carbocycles. The van der Waals surface area contributed by atoms with Gasteiger partial charge in [0.25, 0.3) is 0 Å². The van der Waals surface area contributed by atoms with Gasteiger partial charge >= 0.3 is 0 Å². The molecule has 1 atom stereocenters. The van der Waals surface area contributed by atoms with E-state index in [9.17, 15) is 5.11 Å². The van der Waals surface area contributed by atoms with Crippen molar-refractivity contribution in [3.63, 3.8) is 0 Å². The lowest BCUT2D eigenvalue weighted by atomic mass is 10.0. The van der Waals surface area contributed by atoms with Crippen molar-refractivity contribution in [2.24, 2.45) is 0 Å². The standard InChI is InChI=1S/C14H29O/c1-3-5-7-8-9-10-11-13-14(15)12-6-4-2/h14-15H,2-13H2,1H3. The molecule has 0 saturated carbocycles. The molecular weight excluding hydrogens is 184 g/mol. The van der Waals surface area contributed by atoms with E-state index in [2.05, 4.69) is 13.8 Å². The zero-order valence-electron chi connectivity index (χ0n) is 10.5. The first-order valence-corrected chi connectivity index (χ1v) is 6.78. The van der Waals surface area contributed by atoms with Crippen LogP contribution in [0.5, 0.6) is 0 Å². The van der Waals surface area contributed by atoms with E-state index in [0.29, 0.717) is 0 Å². The molecule has 1 nitrogen and oxygen atoms in total. The fourth-order valence-electron chi connectivity index (χ4n) is 1.86. The average Bonchev–Trinajstić information content (AvgIpc) is 2.25. The van der Waals surface area contributed by atoms with Gasteiger partial charge in [-0.25, -0.2) is 0 Å². The number of hydrogen-bond acceptors (Lipinski definition) is 1. The Bertz CT molecular complexity index is 112. The van der Waals surface area contributed by atoms with Crippen LogP contribution < -0.4 is 0 Å². The second-order valence-corrected chi connectivity index (χ2v) is 4.56. The predicted molar refractivity (Wildman–Crippen MR) is 67.8 cm³/mol. The maximum absolute atomic E-state index is 9.59. The van der Waals surface area contributed by atoms with Gasteiger partial charge in [0.1, 0.15) is 0 Å². The zero-order chi connectivity index (χ0) is 11.4. The smallest absolute Gasteiger partial charge is 0.0540 e. The zero-order valence-corrected chi connectivity index (χ0v) is 10.5. The summed E-state index contributed by atoms with van der Waals surface area (Å²) in [5.74, 6) is 0. The van der Waals surface area contributed by atoms with Crippen LogP contribution in [-0.4, -0.2) is 11.2 Å². The largest absolute Gasteiger partial charge is 0.393 e. The quantitative estimate of drug-likeness (QED) is 0.501. The molecule has 0 aliphatic rings. The maximum Gasteiger partial charge on any atom is 0.0540 e. The number of aliphatic hydroxyl groups excluding tert-OH is 1. The highest BCUT2D eigenvalue weighted by atomic mass is 16.3. The highest BCUT2D eigenvalue weighted by molar-refractivity contribution is 4.57. The van der Waals surface area contributed by atoms with Crippen molar-refractivity contribution in [3.05, 3.63) is 6.92 Å². The van der Waals surface area contributed by atoms with Gasteiger partial charge < -0.3 is 5.11 Å². The van der Waals surface area contributed by atoms with Crippen LogP contribution in [0, 0.1) is 6.92 Å². The minimum atomic E-state index is -0.0672. The molecule has 0 rings (SSSR count). The van der Waals surface area contributed by atoms with Crippen LogP contribution in [0.1, 0.15) is 77.6 Å². The van der Waals surface area contributed by atoms with E-state index >= 15 is 0 Å². The monoisotopic (exact) mass is 213 g/mol. The Labute approximate surface area is 96.3 Å². The fourth-order valence-corrected chi connectivity index (χ4v) is 1.86. The van der Waals surface area contributed by atoms with Crippen molar-refractivity contribution < 1.29 is 5.11 Å². The van der Waals surface area contributed by atoms with Crippen LogP contribution in [-0.2, 0) is 0 Å².